The van der Waals surface area contributed by atoms with Crippen LogP contribution < -0.4 is 24.4 Å². The monoisotopic (exact) mass is 622 g/mol. The molecule has 0 atom stereocenters. The van der Waals surface area contributed by atoms with E-state index in [0.29, 0.717) is 49.4 Å². The van der Waals surface area contributed by atoms with Crippen molar-refractivity contribution in [2.75, 3.05) is 18.0 Å². The van der Waals surface area contributed by atoms with Gasteiger partial charge in [0.05, 0.1) is 11.9 Å². The molecule has 0 aliphatic carbocycles. The molecule has 5 rings (SSSR count). The Kier molecular flexibility index (Phi) is 8.79. The van der Waals surface area contributed by atoms with Crippen molar-refractivity contribution in [2.24, 2.45) is 0 Å². The quantitative estimate of drug-likeness (QED) is 0.210. The number of halogens is 6. The zero-order chi connectivity index (χ0) is 31.5. The van der Waals surface area contributed by atoms with Crippen LogP contribution in [0, 0.1) is 0 Å². The largest absolute Gasteiger partial charge is 0.573 e. The Bertz CT molecular complexity index is 1580. The van der Waals surface area contributed by atoms with E-state index < -0.39 is 24.4 Å². The summed E-state index contributed by atoms with van der Waals surface area (Å²) in [6.07, 6.45) is -6.77. The zero-order valence-electron chi connectivity index (χ0n) is 23.4. The molecule has 1 N–H and O–H groups in total. The predicted molar refractivity (Wildman–Crippen MR) is 148 cm³/mol. The molecule has 234 valence electrons. The first-order valence-electron chi connectivity index (χ1n) is 13.8. The SMILES string of the molecule is CCc1nc2ccc(OC(F)(F)F)cn2c1C(=O)NCc1ccc(N2CCC(Oc3ccc(OC(F)(F)F)cc3)CC2)cc1. The van der Waals surface area contributed by atoms with Crippen molar-refractivity contribution in [3.8, 4) is 17.2 Å². The highest BCUT2D eigenvalue weighted by atomic mass is 19.4. The molecule has 0 saturated carbocycles. The third-order valence-electron chi connectivity index (χ3n) is 7.00. The van der Waals surface area contributed by atoms with Gasteiger partial charge in [0.1, 0.15) is 34.7 Å². The Morgan fingerprint density at radius 2 is 1.45 bits per heavy atom. The first-order valence-corrected chi connectivity index (χ1v) is 13.8. The molecule has 2 aromatic heterocycles. The summed E-state index contributed by atoms with van der Waals surface area (Å²) in [5.41, 5.74) is 2.73. The van der Waals surface area contributed by atoms with Crippen molar-refractivity contribution in [3.05, 3.63) is 83.8 Å². The minimum absolute atomic E-state index is 0.0844. The fourth-order valence-electron chi connectivity index (χ4n) is 4.99. The average Bonchev–Trinajstić information content (AvgIpc) is 3.34. The lowest BCUT2D eigenvalue weighted by atomic mass is 10.1. The van der Waals surface area contributed by atoms with Crippen LogP contribution in [0.3, 0.4) is 0 Å². The molecule has 0 bridgehead atoms. The average molecular weight is 623 g/mol. The molecule has 8 nitrogen and oxygen atoms in total. The number of nitrogens with zero attached hydrogens (tertiary/aromatic N) is 3. The Hall–Kier alpha value is -4.62. The molecule has 44 heavy (non-hydrogen) atoms. The number of hydrogen-bond acceptors (Lipinski definition) is 6. The van der Waals surface area contributed by atoms with Crippen LogP contribution in [-0.4, -0.2) is 47.2 Å². The highest BCUT2D eigenvalue weighted by Crippen LogP contribution is 2.28. The molecule has 4 aromatic rings. The number of carbonyl (C=O) groups is 1. The van der Waals surface area contributed by atoms with Gasteiger partial charge in [0.15, 0.2) is 0 Å². The molecular formula is C30H28F6N4O4. The molecule has 1 amide bonds. The number of fused-ring (bicyclic) bond motifs is 1. The molecule has 0 radical (unpaired) electrons. The molecule has 0 spiro atoms. The van der Waals surface area contributed by atoms with Crippen molar-refractivity contribution < 1.29 is 45.3 Å². The summed E-state index contributed by atoms with van der Waals surface area (Å²) in [4.78, 5) is 19.7. The maximum absolute atomic E-state index is 13.1. The molecule has 1 saturated heterocycles. The van der Waals surface area contributed by atoms with Crippen LogP contribution in [0.1, 0.15) is 41.5 Å². The van der Waals surface area contributed by atoms with Crippen molar-refractivity contribution >= 4 is 17.2 Å². The van der Waals surface area contributed by atoms with E-state index in [2.05, 4.69) is 24.7 Å². The predicted octanol–water partition coefficient (Wildman–Crippen LogP) is 6.67. The summed E-state index contributed by atoms with van der Waals surface area (Å²) in [5.74, 6) is -0.780. The van der Waals surface area contributed by atoms with Crippen LogP contribution in [0.2, 0.25) is 0 Å². The number of anilines is 1. The number of carbonyl (C=O) groups excluding carboxylic acids is 1. The van der Waals surface area contributed by atoms with E-state index in [1.165, 1.54) is 34.7 Å². The van der Waals surface area contributed by atoms with Crippen LogP contribution in [0.25, 0.3) is 5.65 Å². The van der Waals surface area contributed by atoms with E-state index in [9.17, 15) is 31.1 Å². The van der Waals surface area contributed by atoms with Gasteiger partial charge in [-0.2, -0.15) is 0 Å². The van der Waals surface area contributed by atoms with Gasteiger partial charge in [-0.05, 0) is 60.5 Å². The molecule has 2 aromatic carbocycles. The van der Waals surface area contributed by atoms with E-state index in [1.54, 1.807) is 6.92 Å². The second-order valence-corrected chi connectivity index (χ2v) is 10.1. The fraction of sp³-hybridized carbons (Fsp3) is 0.333. The van der Waals surface area contributed by atoms with Crippen LogP contribution >= 0.6 is 0 Å². The summed E-state index contributed by atoms with van der Waals surface area (Å²) < 4.78 is 90.3. The summed E-state index contributed by atoms with van der Waals surface area (Å²) >= 11 is 0. The molecular weight excluding hydrogens is 594 g/mol. The second kappa shape index (κ2) is 12.5. The number of ether oxygens (including phenoxy) is 3. The van der Waals surface area contributed by atoms with Gasteiger partial charge in [-0.15, -0.1) is 26.3 Å². The number of imidazole rings is 1. The van der Waals surface area contributed by atoms with Crippen molar-refractivity contribution in [1.29, 1.82) is 0 Å². The molecule has 14 heteroatoms. The van der Waals surface area contributed by atoms with Gasteiger partial charge >= 0.3 is 12.7 Å². The zero-order valence-corrected chi connectivity index (χ0v) is 23.4. The molecule has 1 fully saturated rings. The number of amides is 1. The number of nitrogens with one attached hydrogen (secondary N) is 1. The Balaban J connectivity index is 1.14. The lowest BCUT2D eigenvalue weighted by Crippen LogP contribution is -2.38. The minimum Gasteiger partial charge on any atom is -0.490 e. The van der Waals surface area contributed by atoms with Gasteiger partial charge in [0.2, 0.25) is 0 Å². The number of alkyl halides is 6. The number of piperidine rings is 1. The van der Waals surface area contributed by atoms with Crippen molar-refractivity contribution in [2.45, 2.75) is 51.6 Å². The summed E-state index contributed by atoms with van der Waals surface area (Å²) in [6, 6.07) is 15.5. The Morgan fingerprint density at radius 3 is 2.07 bits per heavy atom. The number of benzene rings is 2. The number of hydrogen-bond donors (Lipinski definition) is 1. The van der Waals surface area contributed by atoms with Gasteiger partial charge in [-0.1, -0.05) is 19.1 Å². The standard InChI is InChI=1S/C30H28F6N4O4/c1-2-25-27(40-18-24(44-30(34,35)36)11-12-26(40)38-25)28(41)37-17-19-3-5-20(6-4-19)39-15-13-22(14-16-39)42-21-7-9-23(10-8-21)43-29(31,32)33/h3-12,18,22H,2,13-17H2,1H3,(H,37,41). The Labute approximate surface area is 248 Å². The third kappa shape index (κ3) is 7.85. The third-order valence-corrected chi connectivity index (χ3v) is 7.00. The van der Waals surface area contributed by atoms with Crippen molar-refractivity contribution in [3.63, 3.8) is 0 Å². The first kappa shape index (κ1) is 30.8. The molecule has 1 aliphatic heterocycles. The van der Waals surface area contributed by atoms with Gasteiger partial charge in [-0.25, -0.2) is 4.98 Å². The first-order chi connectivity index (χ1) is 20.9. The second-order valence-electron chi connectivity index (χ2n) is 10.1. The molecule has 3 heterocycles. The van der Waals surface area contributed by atoms with Gasteiger partial charge in [0, 0.05) is 38.2 Å². The number of aryl methyl sites for hydroxylation is 1. The van der Waals surface area contributed by atoms with Crippen LogP contribution in [-0.2, 0) is 13.0 Å². The maximum Gasteiger partial charge on any atom is 0.573 e. The summed E-state index contributed by atoms with van der Waals surface area (Å²) in [7, 11) is 0. The van der Waals surface area contributed by atoms with E-state index in [4.69, 9.17) is 4.74 Å². The molecule has 0 unspecified atom stereocenters. The van der Waals surface area contributed by atoms with E-state index >= 15 is 0 Å². The minimum atomic E-state index is -4.87. The topological polar surface area (TPSA) is 77.3 Å². The van der Waals surface area contributed by atoms with Crippen LogP contribution in [0.15, 0.2) is 66.9 Å². The van der Waals surface area contributed by atoms with Crippen LogP contribution in [0.5, 0.6) is 17.2 Å². The number of aromatic nitrogens is 2. The van der Waals surface area contributed by atoms with Gasteiger partial charge in [0.25, 0.3) is 5.91 Å². The lowest BCUT2D eigenvalue weighted by molar-refractivity contribution is -0.275. The van der Waals surface area contributed by atoms with Crippen LogP contribution in [0.4, 0.5) is 32.0 Å². The summed E-state index contributed by atoms with van der Waals surface area (Å²) in [5, 5.41) is 2.82. The van der Waals surface area contributed by atoms with E-state index in [-0.39, 0.29) is 24.1 Å². The van der Waals surface area contributed by atoms with Crippen molar-refractivity contribution in [1.82, 2.24) is 14.7 Å². The fourth-order valence-corrected chi connectivity index (χ4v) is 4.99. The number of pyridine rings is 1. The number of rotatable bonds is 9. The smallest absolute Gasteiger partial charge is 0.490 e. The summed E-state index contributed by atoms with van der Waals surface area (Å²) in [6.45, 7) is 3.42. The van der Waals surface area contributed by atoms with E-state index in [0.717, 1.165) is 23.5 Å². The maximum atomic E-state index is 13.1. The molecule has 1 aliphatic rings. The Morgan fingerprint density at radius 1 is 0.864 bits per heavy atom. The van der Waals surface area contributed by atoms with E-state index in [1.807, 2.05) is 24.3 Å². The van der Waals surface area contributed by atoms with Gasteiger partial charge < -0.3 is 24.4 Å². The highest BCUT2D eigenvalue weighted by Gasteiger charge is 2.32. The lowest BCUT2D eigenvalue weighted by Gasteiger charge is -2.33. The normalized spacial score (nSPS) is 14.5. The van der Waals surface area contributed by atoms with Gasteiger partial charge in [-0.3, -0.25) is 9.20 Å². The highest BCUT2D eigenvalue weighted by molar-refractivity contribution is 5.94.